The van der Waals surface area contributed by atoms with Crippen molar-refractivity contribution >= 4 is 22.5 Å². The number of benzene rings is 2. The van der Waals surface area contributed by atoms with Crippen LogP contribution in [-0.4, -0.2) is 25.5 Å². The molecule has 154 valence electrons. The number of Topliss-reactive ketones (excluding diaryl/α,β-unsaturated/α-hetero) is 2. The largest absolute Gasteiger partial charge is 0.495 e. The molecule has 1 aliphatic rings. The number of rotatable bonds is 7. The molecule has 0 spiro atoms. The number of carbonyl (C=O) groups excluding carboxylic acids is 2. The summed E-state index contributed by atoms with van der Waals surface area (Å²) in [5.41, 5.74) is 0.488. The average molecular weight is 406 g/mol. The molecular weight excluding hydrogens is 384 g/mol. The van der Waals surface area contributed by atoms with Crippen LogP contribution >= 0.6 is 0 Å². The highest BCUT2D eigenvalue weighted by molar-refractivity contribution is 6.19. The molecule has 0 saturated carbocycles. The summed E-state index contributed by atoms with van der Waals surface area (Å²) in [6, 6.07) is 10.0. The molecule has 0 saturated heterocycles. The lowest BCUT2D eigenvalue weighted by atomic mass is 9.71. The van der Waals surface area contributed by atoms with E-state index in [0.717, 1.165) is 0 Å². The summed E-state index contributed by atoms with van der Waals surface area (Å²) in [6.07, 6.45) is 3.16. The van der Waals surface area contributed by atoms with Crippen molar-refractivity contribution in [2.24, 2.45) is 11.3 Å². The molecule has 0 radical (unpaired) electrons. The van der Waals surface area contributed by atoms with Gasteiger partial charge < -0.3 is 18.6 Å². The molecule has 4 rings (SSSR count). The summed E-state index contributed by atoms with van der Waals surface area (Å²) in [5, 5.41) is 0.675. The molecule has 2 heterocycles. The van der Waals surface area contributed by atoms with Crippen molar-refractivity contribution in [1.29, 1.82) is 0 Å². The van der Waals surface area contributed by atoms with Gasteiger partial charge in [0.15, 0.2) is 23.1 Å². The minimum atomic E-state index is -1.01. The van der Waals surface area contributed by atoms with Crippen molar-refractivity contribution in [2.75, 3.05) is 13.9 Å². The van der Waals surface area contributed by atoms with E-state index in [4.69, 9.17) is 18.6 Å². The van der Waals surface area contributed by atoms with Gasteiger partial charge in [0.1, 0.15) is 11.3 Å². The van der Waals surface area contributed by atoms with Gasteiger partial charge in [-0.3, -0.25) is 9.59 Å². The summed E-state index contributed by atoms with van der Waals surface area (Å²) in [7, 11) is 1.49. The Balaban J connectivity index is 1.81. The summed E-state index contributed by atoms with van der Waals surface area (Å²) < 4.78 is 21.6. The molecule has 0 aliphatic carbocycles. The van der Waals surface area contributed by atoms with Crippen LogP contribution in [0.1, 0.15) is 34.6 Å². The number of carbonyl (C=O) groups is 2. The average Bonchev–Trinajstić information content (AvgIpc) is 3.41. The fraction of sp³-hybridized carbons (Fsp3) is 0.250. The Labute approximate surface area is 174 Å². The first-order valence-electron chi connectivity index (χ1n) is 9.53. The smallest absolute Gasteiger partial charge is 0.231 e. The van der Waals surface area contributed by atoms with Crippen LogP contribution in [0.2, 0.25) is 0 Å². The lowest BCUT2D eigenvalue weighted by Crippen LogP contribution is -2.36. The van der Waals surface area contributed by atoms with Crippen molar-refractivity contribution in [1.82, 2.24) is 0 Å². The lowest BCUT2D eigenvalue weighted by molar-refractivity contribution is 0.0718. The van der Waals surface area contributed by atoms with Gasteiger partial charge in [0, 0.05) is 5.56 Å². The standard InChI is InChI=1S/C24H22O6/c1-5-24(2,3)20(21(25)14-6-8-18-19(12-14)30-13-29-18)22(26)16-7-9-17-15(10-11-28-17)23(16)27-4/h5-12,20H,1,13H2,2-4H3/t20-/m0/s1. The topological polar surface area (TPSA) is 75.0 Å². The molecule has 0 bridgehead atoms. The van der Waals surface area contributed by atoms with E-state index in [-0.39, 0.29) is 18.4 Å². The van der Waals surface area contributed by atoms with E-state index >= 15 is 0 Å². The minimum Gasteiger partial charge on any atom is -0.495 e. The van der Waals surface area contributed by atoms with E-state index in [2.05, 4.69) is 6.58 Å². The number of ketones is 2. The number of hydrogen-bond donors (Lipinski definition) is 0. The maximum absolute atomic E-state index is 13.7. The Morgan fingerprint density at radius 1 is 1.10 bits per heavy atom. The summed E-state index contributed by atoms with van der Waals surface area (Å²) in [6.45, 7) is 7.59. The summed E-state index contributed by atoms with van der Waals surface area (Å²) >= 11 is 0. The molecule has 1 aliphatic heterocycles. The van der Waals surface area contributed by atoms with E-state index in [0.29, 0.717) is 39.3 Å². The molecule has 0 amide bonds. The second-order valence-corrected chi connectivity index (χ2v) is 7.73. The van der Waals surface area contributed by atoms with Crippen molar-refractivity contribution in [3.05, 3.63) is 66.4 Å². The first-order chi connectivity index (χ1) is 14.4. The van der Waals surface area contributed by atoms with Crippen LogP contribution in [0.3, 0.4) is 0 Å². The van der Waals surface area contributed by atoms with Gasteiger partial charge in [-0.2, -0.15) is 0 Å². The van der Waals surface area contributed by atoms with Gasteiger partial charge in [0.2, 0.25) is 6.79 Å². The number of hydrogen-bond acceptors (Lipinski definition) is 6. The lowest BCUT2D eigenvalue weighted by Gasteiger charge is -2.29. The van der Waals surface area contributed by atoms with Gasteiger partial charge in [-0.1, -0.05) is 19.9 Å². The van der Waals surface area contributed by atoms with E-state index in [1.807, 2.05) is 13.8 Å². The Morgan fingerprint density at radius 2 is 1.87 bits per heavy atom. The van der Waals surface area contributed by atoms with Crippen molar-refractivity contribution < 1.29 is 28.2 Å². The Hall–Kier alpha value is -3.54. The molecule has 2 aromatic carbocycles. The number of allylic oxidation sites excluding steroid dienone is 1. The van der Waals surface area contributed by atoms with Gasteiger partial charge in [0.25, 0.3) is 0 Å². The third-order valence-corrected chi connectivity index (χ3v) is 5.51. The van der Waals surface area contributed by atoms with Crippen LogP contribution in [0.4, 0.5) is 0 Å². The highest BCUT2D eigenvalue weighted by atomic mass is 16.7. The quantitative estimate of drug-likeness (QED) is 0.310. The fourth-order valence-corrected chi connectivity index (χ4v) is 3.72. The van der Waals surface area contributed by atoms with Crippen molar-refractivity contribution in [3.8, 4) is 17.2 Å². The fourth-order valence-electron chi connectivity index (χ4n) is 3.72. The SMILES string of the molecule is C=CC(C)(C)[C@@H](C(=O)c1ccc2c(c1)OCO2)C(=O)c1ccc2occc2c1OC. The number of methoxy groups -OCH3 is 1. The first kappa shape index (κ1) is 19.8. The predicted octanol–water partition coefficient (Wildman–Crippen LogP) is 5.06. The molecule has 6 nitrogen and oxygen atoms in total. The van der Waals surface area contributed by atoms with E-state index in [1.165, 1.54) is 13.4 Å². The van der Waals surface area contributed by atoms with Gasteiger partial charge in [0.05, 0.1) is 30.2 Å². The number of furan rings is 1. The van der Waals surface area contributed by atoms with Crippen LogP contribution in [0.15, 0.2) is 59.7 Å². The Bertz CT molecular complexity index is 1150. The molecule has 3 aromatic rings. The minimum absolute atomic E-state index is 0.107. The first-order valence-corrected chi connectivity index (χ1v) is 9.53. The molecule has 30 heavy (non-hydrogen) atoms. The molecule has 0 N–H and O–H groups in total. The second kappa shape index (κ2) is 7.37. The second-order valence-electron chi connectivity index (χ2n) is 7.73. The van der Waals surface area contributed by atoms with E-state index in [1.54, 1.807) is 42.5 Å². The zero-order valence-electron chi connectivity index (χ0n) is 17.1. The van der Waals surface area contributed by atoms with Crippen LogP contribution in [0.5, 0.6) is 17.2 Å². The number of ether oxygens (including phenoxy) is 3. The third kappa shape index (κ3) is 3.14. The van der Waals surface area contributed by atoms with Gasteiger partial charge in [-0.05, 0) is 41.8 Å². The third-order valence-electron chi connectivity index (χ3n) is 5.51. The Morgan fingerprint density at radius 3 is 2.60 bits per heavy atom. The highest BCUT2D eigenvalue weighted by Crippen LogP contribution is 2.40. The maximum Gasteiger partial charge on any atom is 0.231 e. The van der Waals surface area contributed by atoms with Gasteiger partial charge in [-0.25, -0.2) is 0 Å². The molecule has 1 atom stereocenters. The molecule has 0 fully saturated rings. The molecular formula is C24H22O6. The predicted molar refractivity (Wildman–Crippen MR) is 111 cm³/mol. The van der Waals surface area contributed by atoms with E-state index < -0.39 is 11.3 Å². The number of fused-ring (bicyclic) bond motifs is 2. The van der Waals surface area contributed by atoms with Crippen LogP contribution in [0.25, 0.3) is 11.0 Å². The normalized spacial score (nSPS) is 13.8. The van der Waals surface area contributed by atoms with Crippen molar-refractivity contribution in [3.63, 3.8) is 0 Å². The zero-order valence-corrected chi connectivity index (χ0v) is 17.1. The zero-order chi connectivity index (χ0) is 21.5. The van der Waals surface area contributed by atoms with Crippen LogP contribution < -0.4 is 14.2 Å². The van der Waals surface area contributed by atoms with Crippen LogP contribution in [0, 0.1) is 11.3 Å². The molecule has 6 heteroatoms. The monoisotopic (exact) mass is 406 g/mol. The van der Waals surface area contributed by atoms with Crippen molar-refractivity contribution in [2.45, 2.75) is 13.8 Å². The maximum atomic E-state index is 13.7. The summed E-state index contributed by atoms with van der Waals surface area (Å²) in [4.78, 5) is 27.3. The van der Waals surface area contributed by atoms with Gasteiger partial charge in [-0.15, -0.1) is 6.58 Å². The van der Waals surface area contributed by atoms with Gasteiger partial charge >= 0.3 is 0 Å². The molecule has 1 aromatic heterocycles. The highest BCUT2D eigenvalue weighted by Gasteiger charge is 2.41. The Kier molecular flexibility index (Phi) is 4.86. The van der Waals surface area contributed by atoms with Crippen LogP contribution in [-0.2, 0) is 0 Å². The van der Waals surface area contributed by atoms with E-state index in [9.17, 15) is 9.59 Å². The summed E-state index contributed by atoms with van der Waals surface area (Å²) in [5.74, 6) is -0.228. The molecule has 0 unspecified atom stereocenters.